The summed E-state index contributed by atoms with van der Waals surface area (Å²) in [6, 6.07) is 12.2. The highest BCUT2D eigenvalue weighted by Gasteiger charge is 2.08. The summed E-state index contributed by atoms with van der Waals surface area (Å²) in [5.74, 6) is 0.336. The van der Waals surface area contributed by atoms with E-state index in [1.807, 2.05) is 13.0 Å². The molecule has 23 heavy (non-hydrogen) atoms. The molecule has 0 saturated heterocycles. The van der Waals surface area contributed by atoms with Gasteiger partial charge in [-0.2, -0.15) is 0 Å². The molecular formula is C16H16ClN3O2S. The molecule has 0 bridgehead atoms. The second kappa shape index (κ2) is 7.80. The number of anilines is 1. The lowest BCUT2D eigenvalue weighted by molar-refractivity contribution is 0.0944. The lowest BCUT2D eigenvalue weighted by Crippen LogP contribution is -2.43. The molecule has 0 aliphatic heterocycles. The molecule has 7 heteroatoms. The summed E-state index contributed by atoms with van der Waals surface area (Å²) in [6.45, 7) is 1.91. The Kier molecular flexibility index (Phi) is 5.78. The Morgan fingerprint density at radius 1 is 1.13 bits per heavy atom. The highest BCUT2D eigenvalue weighted by Crippen LogP contribution is 2.18. The molecule has 2 aromatic carbocycles. The molecule has 2 aromatic rings. The molecule has 0 spiro atoms. The Bertz CT molecular complexity index is 720. The van der Waals surface area contributed by atoms with Crippen molar-refractivity contribution in [2.75, 3.05) is 12.4 Å². The summed E-state index contributed by atoms with van der Waals surface area (Å²) in [5, 5.41) is 3.83. The van der Waals surface area contributed by atoms with Gasteiger partial charge in [0.1, 0.15) is 5.75 Å². The van der Waals surface area contributed by atoms with Gasteiger partial charge in [-0.05, 0) is 61.1 Å². The molecule has 0 aliphatic rings. The van der Waals surface area contributed by atoms with Crippen LogP contribution in [0.4, 0.5) is 5.69 Å². The first-order chi connectivity index (χ1) is 11.0. The van der Waals surface area contributed by atoms with Gasteiger partial charge in [-0.15, -0.1) is 0 Å². The van der Waals surface area contributed by atoms with E-state index in [1.165, 1.54) is 0 Å². The maximum absolute atomic E-state index is 12.1. The van der Waals surface area contributed by atoms with Crippen LogP contribution in [0.5, 0.6) is 5.75 Å². The van der Waals surface area contributed by atoms with E-state index in [4.69, 9.17) is 28.6 Å². The van der Waals surface area contributed by atoms with E-state index in [0.717, 1.165) is 11.3 Å². The number of halogens is 1. The molecule has 5 nitrogen and oxygen atoms in total. The molecule has 120 valence electrons. The third kappa shape index (κ3) is 4.84. The lowest BCUT2D eigenvalue weighted by Gasteiger charge is -2.12. The molecule has 1 amide bonds. The van der Waals surface area contributed by atoms with Gasteiger partial charge < -0.3 is 10.1 Å². The lowest BCUT2D eigenvalue weighted by atomic mass is 10.1. The summed E-state index contributed by atoms with van der Waals surface area (Å²) in [5.41, 5.74) is 7.35. The van der Waals surface area contributed by atoms with Crippen molar-refractivity contribution < 1.29 is 9.53 Å². The van der Waals surface area contributed by atoms with Crippen molar-refractivity contribution in [1.82, 2.24) is 10.9 Å². The topological polar surface area (TPSA) is 62.4 Å². The van der Waals surface area contributed by atoms with Gasteiger partial charge in [0.05, 0.1) is 7.11 Å². The Labute approximate surface area is 145 Å². The van der Waals surface area contributed by atoms with Crippen LogP contribution in [-0.4, -0.2) is 18.1 Å². The summed E-state index contributed by atoms with van der Waals surface area (Å²) in [6.07, 6.45) is 0. The molecule has 0 saturated carbocycles. The van der Waals surface area contributed by atoms with Crippen LogP contribution in [0, 0.1) is 6.92 Å². The van der Waals surface area contributed by atoms with E-state index in [2.05, 4.69) is 16.2 Å². The van der Waals surface area contributed by atoms with E-state index in [1.54, 1.807) is 43.5 Å². The van der Waals surface area contributed by atoms with Gasteiger partial charge in [0.2, 0.25) is 0 Å². The first-order valence-electron chi connectivity index (χ1n) is 6.77. The Balaban J connectivity index is 1.91. The average Bonchev–Trinajstić information content (AvgIpc) is 2.55. The van der Waals surface area contributed by atoms with Gasteiger partial charge in [-0.3, -0.25) is 15.6 Å². The predicted octanol–water partition coefficient (Wildman–Crippen LogP) is 3.29. The maximum Gasteiger partial charge on any atom is 0.269 e. The van der Waals surface area contributed by atoms with Crippen molar-refractivity contribution in [2.24, 2.45) is 0 Å². The van der Waals surface area contributed by atoms with E-state index in [9.17, 15) is 4.79 Å². The Morgan fingerprint density at radius 3 is 2.48 bits per heavy atom. The van der Waals surface area contributed by atoms with Crippen molar-refractivity contribution in [2.45, 2.75) is 6.92 Å². The fourth-order valence-corrected chi connectivity index (χ4v) is 2.14. The number of thiocarbonyl (C=S) groups is 1. The number of carbonyl (C=O) groups excluding carboxylic acids is 1. The van der Waals surface area contributed by atoms with E-state index < -0.39 is 0 Å². The van der Waals surface area contributed by atoms with Crippen molar-refractivity contribution in [3.63, 3.8) is 0 Å². The fourth-order valence-electron chi connectivity index (χ4n) is 1.84. The quantitative estimate of drug-likeness (QED) is 0.586. The largest absolute Gasteiger partial charge is 0.496 e. The number of benzene rings is 2. The van der Waals surface area contributed by atoms with Crippen molar-refractivity contribution >= 4 is 40.5 Å². The zero-order valence-corrected chi connectivity index (χ0v) is 14.2. The van der Waals surface area contributed by atoms with Crippen LogP contribution in [0.15, 0.2) is 42.5 Å². The van der Waals surface area contributed by atoms with Crippen molar-refractivity contribution in [1.29, 1.82) is 0 Å². The molecule has 0 unspecified atom stereocenters. The smallest absolute Gasteiger partial charge is 0.269 e. The number of ether oxygens (including phenoxy) is 1. The van der Waals surface area contributed by atoms with Crippen LogP contribution < -0.4 is 20.9 Å². The van der Waals surface area contributed by atoms with Gasteiger partial charge in [-0.1, -0.05) is 17.7 Å². The number of carbonyl (C=O) groups is 1. The second-order valence-electron chi connectivity index (χ2n) is 4.72. The van der Waals surface area contributed by atoms with E-state index in [-0.39, 0.29) is 11.0 Å². The molecule has 0 radical (unpaired) electrons. The average molecular weight is 350 g/mol. The van der Waals surface area contributed by atoms with E-state index >= 15 is 0 Å². The molecule has 0 fully saturated rings. The van der Waals surface area contributed by atoms with Gasteiger partial charge in [0.25, 0.3) is 5.91 Å². The minimum atomic E-state index is -0.316. The Hall–Kier alpha value is -2.31. The van der Waals surface area contributed by atoms with Crippen LogP contribution in [-0.2, 0) is 0 Å². The third-order valence-corrected chi connectivity index (χ3v) is 3.52. The van der Waals surface area contributed by atoms with E-state index in [0.29, 0.717) is 16.3 Å². The summed E-state index contributed by atoms with van der Waals surface area (Å²) in [4.78, 5) is 12.1. The third-order valence-electron chi connectivity index (χ3n) is 3.06. The normalized spacial score (nSPS) is 9.87. The summed E-state index contributed by atoms with van der Waals surface area (Å²) in [7, 11) is 1.56. The number of rotatable bonds is 3. The van der Waals surface area contributed by atoms with Gasteiger partial charge in [-0.25, -0.2) is 0 Å². The second-order valence-corrected chi connectivity index (χ2v) is 5.57. The van der Waals surface area contributed by atoms with Crippen molar-refractivity contribution in [3.8, 4) is 5.75 Å². The number of amides is 1. The number of hydrazine groups is 1. The monoisotopic (exact) mass is 349 g/mol. The highest BCUT2D eigenvalue weighted by atomic mass is 35.5. The van der Waals surface area contributed by atoms with Crippen LogP contribution in [0.1, 0.15) is 15.9 Å². The molecule has 0 heterocycles. The first kappa shape index (κ1) is 17.1. The zero-order chi connectivity index (χ0) is 16.8. The molecule has 0 atom stereocenters. The van der Waals surface area contributed by atoms with Crippen LogP contribution in [0.3, 0.4) is 0 Å². The summed E-state index contributed by atoms with van der Waals surface area (Å²) >= 11 is 10.9. The maximum atomic E-state index is 12.1. The number of aryl methyl sites for hydroxylation is 1. The summed E-state index contributed by atoms with van der Waals surface area (Å²) < 4.78 is 5.20. The minimum absolute atomic E-state index is 0.264. The van der Waals surface area contributed by atoms with Gasteiger partial charge in [0.15, 0.2) is 5.11 Å². The van der Waals surface area contributed by atoms with Crippen LogP contribution in [0.25, 0.3) is 0 Å². The zero-order valence-electron chi connectivity index (χ0n) is 12.6. The SMILES string of the molecule is COc1cc(C(=O)NNC(=S)Nc2ccc(Cl)cc2)ccc1C. The predicted molar refractivity (Wildman–Crippen MR) is 96.0 cm³/mol. The molecule has 0 aromatic heterocycles. The van der Waals surface area contributed by atoms with Crippen LogP contribution in [0.2, 0.25) is 5.02 Å². The minimum Gasteiger partial charge on any atom is -0.496 e. The number of nitrogens with one attached hydrogen (secondary N) is 3. The molecule has 0 aliphatic carbocycles. The highest BCUT2D eigenvalue weighted by molar-refractivity contribution is 7.80. The molecular weight excluding hydrogens is 334 g/mol. The molecule has 3 N–H and O–H groups in total. The Morgan fingerprint density at radius 2 is 1.83 bits per heavy atom. The standard InChI is InChI=1S/C16H16ClN3O2S/c1-10-3-4-11(9-14(10)22-2)15(21)19-20-16(23)18-13-7-5-12(17)6-8-13/h3-9H,1-2H3,(H,19,21)(H2,18,20,23). The van der Waals surface area contributed by atoms with Gasteiger partial charge in [0, 0.05) is 16.3 Å². The number of hydrogen-bond acceptors (Lipinski definition) is 3. The fraction of sp³-hybridized carbons (Fsp3) is 0.125. The van der Waals surface area contributed by atoms with Crippen molar-refractivity contribution in [3.05, 3.63) is 58.6 Å². The van der Waals surface area contributed by atoms with Crippen LogP contribution >= 0.6 is 23.8 Å². The van der Waals surface area contributed by atoms with Gasteiger partial charge >= 0.3 is 0 Å². The molecule has 2 rings (SSSR count). The first-order valence-corrected chi connectivity index (χ1v) is 7.56. The number of hydrogen-bond donors (Lipinski definition) is 3. The number of methoxy groups -OCH3 is 1.